The van der Waals surface area contributed by atoms with Gasteiger partial charge in [0.1, 0.15) is 5.75 Å². The predicted molar refractivity (Wildman–Crippen MR) is 83.3 cm³/mol. The summed E-state index contributed by atoms with van der Waals surface area (Å²) in [6, 6.07) is 6.98. The standard InChI is InChI=1S/C17H26N2O2/c1-20-16-7-6-13(10-14(16)11-18)12-19-8-9-21-17-5-3-2-4-15(17)19/h6-7,10,15,17H,2-5,8-9,11-12,18H2,1H3. The molecule has 4 nitrogen and oxygen atoms in total. The molecule has 2 aliphatic rings. The van der Waals surface area contributed by atoms with Gasteiger partial charge in [0, 0.05) is 31.2 Å². The quantitative estimate of drug-likeness (QED) is 0.924. The van der Waals surface area contributed by atoms with Gasteiger partial charge >= 0.3 is 0 Å². The van der Waals surface area contributed by atoms with Crippen molar-refractivity contribution in [1.29, 1.82) is 0 Å². The summed E-state index contributed by atoms with van der Waals surface area (Å²) in [4.78, 5) is 2.59. The Bertz CT molecular complexity index is 476. The third-order valence-electron chi connectivity index (χ3n) is 4.80. The number of fused-ring (bicyclic) bond motifs is 1. The van der Waals surface area contributed by atoms with Gasteiger partial charge in [-0.1, -0.05) is 18.9 Å². The van der Waals surface area contributed by atoms with Crippen LogP contribution in [0.1, 0.15) is 36.8 Å². The van der Waals surface area contributed by atoms with Gasteiger partial charge in [-0.15, -0.1) is 0 Å². The van der Waals surface area contributed by atoms with E-state index in [9.17, 15) is 0 Å². The van der Waals surface area contributed by atoms with Crippen LogP contribution in [0.5, 0.6) is 5.75 Å². The summed E-state index contributed by atoms with van der Waals surface area (Å²) in [6.07, 6.45) is 5.58. The molecule has 0 bridgehead atoms. The highest BCUT2D eigenvalue weighted by molar-refractivity contribution is 5.37. The summed E-state index contributed by atoms with van der Waals surface area (Å²) < 4.78 is 11.3. The van der Waals surface area contributed by atoms with Crippen LogP contribution in [0.3, 0.4) is 0 Å². The highest BCUT2D eigenvalue weighted by atomic mass is 16.5. The fourth-order valence-corrected chi connectivity index (χ4v) is 3.70. The van der Waals surface area contributed by atoms with Gasteiger partial charge in [-0.3, -0.25) is 4.90 Å². The van der Waals surface area contributed by atoms with Gasteiger partial charge in [-0.2, -0.15) is 0 Å². The molecular weight excluding hydrogens is 264 g/mol. The Labute approximate surface area is 127 Å². The van der Waals surface area contributed by atoms with Crippen molar-refractivity contribution in [2.45, 2.75) is 50.9 Å². The van der Waals surface area contributed by atoms with Crippen molar-refractivity contribution < 1.29 is 9.47 Å². The highest BCUT2D eigenvalue weighted by Crippen LogP contribution is 2.30. The number of hydrogen-bond donors (Lipinski definition) is 1. The zero-order valence-electron chi connectivity index (χ0n) is 12.9. The molecule has 0 spiro atoms. The fraction of sp³-hybridized carbons (Fsp3) is 0.647. The first-order chi connectivity index (χ1) is 10.3. The Morgan fingerprint density at radius 2 is 2.19 bits per heavy atom. The van der Waals surface area contributed by atoms with E-state index < -0.39 is 0 Å². The summed E-state index contributed by atoms with van der Waals surface area (Å²) in [5.74, 6) is 0.888. The lowest BCUT2D eigenvalue weighted by Crippen LogP contribution is -2.52. The molecule has 0 amide bonds. The smallest absolute Gasteiger partial charge is 0.123 e. The molecule has 1 heterocycles. The lowest BCUT2D eigenvalue weighted by atomic mass is 9.90. The van der Waals surface area contributed by atoms with E-state index in [1.54, 1.807) is 7.11 Å². The molecule has 2 fully saturated rings. The number of ether oxygens (including phenoxy) is 2. The topological polar surface area (TPSA) is 47.7 Å². The van der Waals surface area contributed by atoms with Crippen LogP contribution in [-0.2, 0) is 17.8 Å². The predicted octanol–water partition coefficient (Wildman–Crippen LogP) is 2.30. The minimum Gasteiger partial charge on any atom is -0.496 e. The molecular formula is C17H26N2O2. The van der Waals surface area contributed by atoms with Gasteiger partial charge < -0.3 is 15.2 Å². The van der Waals surface area contributed by atoms with Crippen molar-refractivity contribution in [2.75, 3.05) is 20.3 Å². The Hall–Kier alpha value is -1.10. The summed E-state index contributed by atoms with van der Waals surface area (Å²) in [5, 5.41) is 0. The third-order valence-corrected chi connectivity index (χ3v) is 4.80. The number of morpholine rings is 1. The molecule has 0 radical (unpaired) electrons. The van der Waals surface area contributed by atoms with Crippen molar-refractivity contribution >= 4 is 0 Å². The van der Waals surface area contributed by atoms with Gasteiger partial charge in [0.05, 0.1) is 19.8 Å². The first-order valence-electron chi connectivity index (χ1n) is 8.03. The maximum Gasteiger partial charge on any atom is 0.123 e. The fourth-order valence-electron chi connectivity index (χ4n) is 3.70. The van der Waals surface area contributed by atoms with E-state index in [0.717, 1.165) is 31.0 Å². The monoisotopic (exact) mass is 290 g/mol. The number of hydrogen-bond acceptors (Lipinski definition) is 4. The van der Waals surface area contributed by atoms with Crippen LogP contribution in [0, 0.1) is 0 Å². The number of nitrogens with two attached hydrogens (primary N) is 1. The zero-order valence-corrected chi connectivity index (χ0v) is 12.9. The van der Waals surface area contributed by atoms with Crippen molar-refractivity contribution in [3.05, 3.63) is 29.3 Å². The molecule has 1 aliphatic carbocycles. The van der Waals surface area contributed by atoms with Crippen LogP contribution in [0.4, 0.5) is 0 Å². The molecule has 3 rings (SSSR count). The Kier molecular flexibility index (Phi) is 4.78. The molecule has 1 aromatic rings. The average molecular weight is 290 g/mol. The third kappa shape index (κ3) is 3.23. The van der Waals surface area contributed by atoms with E-state index in [1.807, 2.05) is 6.07 Å². The van der Waals surface area contributed by atoms with Crippen LogP contribution in [-0.4, -0.2) is 37.3 Å². The second-order valence-electron chi connectivity index (χ2n) is 6.08. The van der Waals surface area contributed by atoms with E-state index in [1.165, 1.54) is 31.2 Å². The van der Waals surface area contributed by atoms with E-state index in [2.05, 4.69) is 17.0 Å². The van der Waals surface area contributed by atoms with Gasteiger partial charge in [-0.05, 0) is 30.5 Å². The second-order valence-corrected chi connectivity index (χ2v) is 6.08. The maximum atomic E-state index is 5.95. The second kappa shape index (κ2) is 6.77. The first-order valence-corrected chi connectivity index (χ1v) is 8.03. The molecule has 2 atom stereocenters. The highest BCUT2D eigenvalue weighted by Gasteiger charge is 2.33. The summed E-state index contributed by atoms with van der Waals surface area (Å²) in [5.41, 5.74) is 8.23. The summed E-state index contributed by atoms with van der Waals surface area (Å²) >= 11 is 0. The van der Waals surface area contributed by atoms with Crippen LogP contribution in [0.25, 0.3) is 0 Å². The van der Waals surface area contributed by atoms with Gasteiger partial charge in [-0.25, -0.2) is 0 Å². The Morgan fingerprint density at radius 1 is 1.33 bits per heavy atom. The average Bonchev–Trinajstić information content (AvgIpc) is 2.55. The van der Waals surface area contributed by atoms with E-state index in [0.29, 0.717) is 18.7 Å². The van der Waals surface area contributed by atoms with E-state index in [4.69, 9.17) is 15.2 Å². The minimum atomic E-state index is 0.444. The molecule has 0 aromatic heterocycles. The lowest BCUT2D eigenvalue weighted by Gasteiger charge is -2.44. The molecule has 4 heteroatoms. The molecule has 21 heavy (non-hydrogen) atoms. The number of rotatable bonds is 4. The van der Waals surface area contributed by atoms with Gasteiger partial charge in [0.25, 0.3) is 0 Å². The van der Waals surface area contributed by atoms with Crippen LogP contribution in [0.2, 0.25) is 0 Å². The van der Waals surface area contributed by atoms with Crippen molar-refractivity contribution in [3.63, 3.8) is 0 Å². The zero-order chi connectivity index (χ0) is 14.7. The Morgan fingerprint density at radius 3 is 3.00 bits per heavy atom. The SMILES string of the molecule is COc1ccc(CN2CCOC3CCCCC32)cc1CN. The molecule has 2 unspecified atom stereocenters. The van der Waals surface area contributed by atoms with E-state index in [-0.39, 0.29) is 0 Å². The van der Waals surface area contributed by atoms with Crippen molar-refractivity contribution in [1.82, 2.24) is 4.90 Å². The largest absolute Gasteiger partial charge is 0.496 e. The summed E-state index contributed by atoms with van der Waals surface area (Å²) in [6.45, 7) is 3.40. The van der Waals surface area contributed by atoms with Crippen LogP contribution < -0.4 is 10.5 Å². The summed E-state index contributed by atoms with van der Waals surface area (Å²) in [7, 11) is 1.70. The molecule has 1 aliphatic heterocycles. The van der Waals surface area contributed by atoms with Crippen LogP contribution >= 0.6 is 0 Å². The van der Waals surface area contributed by atoms with Crippen molar-refractivity contribution in [2.24, 2.45) is 5.73 Å². The number of methoxy groups -OCH3 is 1. The number of nitrogens with zero attached hydrogens (tertiary/aromatic N) is 1. The maximum absolute atomic E-state index is 5.95. The van der Waals surface area contributed by atoms with Gasteiger partial charge in [0.15, 0.2) is 0 Å². The van der Waals surface area contributed by atoms with Crippen LogP contribution in [0.15, 0.2) is 18.2 Å². The minimum absolute atomic E-state index is 0.444. The van der Waals surface area contributed by atoms with Gasteiger partial charge in [0.2, 0.25) is 0 Å². The number of benzene rings is 1. The normalized spacial score (nSPS) is 26.4. The molecule has 2 N–H and O–H groups in total. The Balaban J connectivity index is 1.73. The first kappa shape index (κ1) is 14.8. The van der Waals surface area contributed by atoms with E-state index >= 15 is 0 Å². The lowest BCUT2D eigenvalue weighted by molar-refractivity contribution is -0.0911. The molecule has 1 aromatic carbocycles. The molecule has 1 saturated heterocycles. The molecule has 116 valence electrons. The molecule has 1 saturated carbocycles. The van der Waals surface area contributed by atoms with Crippen molar-refractivity contribution in [3.8, 4) is 5.75 Å².